The van der Waals surface area contributed by atoms with Gasteiger partial charge in [-0.25, -0.2) is 0 Å². The third-order valence-corrected chi connectivity index (χ3v) is 3.56. The molecule has 0 bridgehead atoms. The fraction of sp³-hybridized carbons (Fsp3) is 0.400. The molecule has 1 fully saturated rings. The van der Waals surface area contributed by atoms with Gasteiger partial charge in [0, 0.05) is 30.6 Å². The summed E-state index contributed by atoms with van der Waals surface area (Å²) >= 11 is 0. The van der Waals surface area contributed by atoms with Crippen LogP contribution in [0.4, 0.5) is 5.69 Å². The van der Waals surface area contributed by atoms with Crippen molar-refractivity contribution in [2.45, 2.75) is 18.9 Å². The van der Waals surface area contributed by atoms with Crippen LogP contribution >= 0.6 is 0 Å². The number of nitrogens with zero attached hydrogens (tertiary/aromatic N) is 1. The van der Waals surface area contributed by atoms with Crippen molar-refractivity contribution in [3.05, 3.63) is 36.7 Å². The molecule has 18 heavy (non-hydrogen) atoms. The van der Waals surface area contributed by atoms with Crippen LogP contribution in [0.5, 0.6) is 0 Å². The quantitative estimate of drug-likeness (QED) is 0.875. The van der Waals surface area contributed by atoms with Gasteiger partial charge in [0.2, 0.25) is 0 Å². The van der Waals surface area contributed by atoms with Crippen LogP contribution in [0.3, 0.4) is 0 Å². The van der Waals surface area contributed by atoms with Gasteiger partial charge in [-0.1, -0.05) is 12.1 Å². The number of ether oxygens (including phenoxy) is 1. The Kier molecular flexibility index (Phi) is 3.15. The lowest BCUT2D eigenvalue weighted by atomic mass is 10.1. The number of aromatic nitrogens is 1. The highest BCUT2D eigenvalue weighted by Crippen LogP contribution is 2.35. The fourth-order valence-electron chi connectivity index (χ4n) is 2.41. The maximum atomic E-state index is 5.31. The van der Waals surface area contributed by atoms with Crippen molar-refractivity contribution in [2.75, 3.05) is 19.0 Å². The van der Waals surface area contributed by atoms with Gasteiger partial charge in [-0.2, -0.15) is 0 Å². The molecule has 1 aliphatic rings. The van der Waals surface area contributed by atoms with Gasteiger partial charge >= 0.3 is 0 Å². The minimum atomic E-state index is 0.417. The van der Waals surface area contributed by atoms with Gasteiger partial charge in [0.05, 0.1) is 12.6 Å². The third-order valence-electron chi connectivity index (χ3n) is 3.56. The molecule has 1 saturated carbocycles. The number of rotatable bonds is 5. The Labute approximate surface area is 107 Å². The number of nitrogens with one attached hydrogen (secondary N) is 1. The lowest BCUT2D eigenvalue weighted by molar-refractivity contribution is 0.179. The van der Waals surface area contributed by atoms with Crippen LogP contribution in [0.25, 0.3) is 10.8 Å². The van der Waals surface area contributed by atoms with Gasteiger partial charge < -0.3 is 10.1 Å². The van der Waals surface area contributed by atoms with Crippen molar-refractivity contribution in [3.63, 3.8) is 0 Å². The summed E-state index contributed by atoms with van der Waals surface area (Å²) in [6.45, 7) is 0.765. The highest BCUT2D eigenvalue weighted by Gasteiger charge is 2.31. The lowest BCUT2D eigenvalue weighted by Gasteiger charge is -2.19. The molecule has 94 valence electrons. The summed E-state index contributed by atoms with van der Waals surface area (Å²) in [5, 5.41) is 6.03. The Morgan fingerprint density at radius 2 is 2.28 bits per heavy atom. The number of hydrogen-bond acceptors (Lipinski definition) is 3. The maximum Gasteiger partial charge on any atom is 0.0666 e. The van der Waals surface area contributed by atoms with E-state index in [9.17, 15) is 0 Å². The van der Waals surface area contributed by atoms with Crippen LogP contribution in [0.1, 0.15) is 12.8 Å². The van der Waals surface area contributed by atoms with E-state index in [4.69, 9.17) is 4.74 Å². The second-order valence-electron chi connectivity index (χ2n) is 4.95. The molecule has 1 unspecified atom stereocenters. The number of hydrogen-bond donors (Lipinski definition) is 1. The van der Waals surface area contributed by atoms with E-state index in [1.54, 1.807) is 7.11 Å². The second-order valence-corrected chi connectivity index (χ2v) is 4.95. The van der Waals surface area contributed by atoms with E-state index in [-0.39, 0.29) is 0 Å². The van der Waals surface area contributed by atoms with Crippen LogP contribution in [0.2, 0.25) is 0 Å². The predicted octanol–water partition coefficient (Wildman–Crippen LogP) is 3.07. The van der Waals surface area contributed by atoms with Crippen LogP contribution in [0.15, 0.2) is 36.7 Å². The van der Waals surface area contributed by atoms with Crippen molar-refractivity contribution < 1.29 is 4.74 Å². The summed E-state index contributed by atoms with van der Waals surface area (Å²) in [5.41, 5.74) is 1.16. The zero-order valence-corrected chi connectivity index (χ0v) is 10.6. The average Bonchev–Trinajstić information content (AvgIpc) is 3.23. The topological polar surface area (TPSA) is 34.1 Å². The molecule has 0 aliphatic heterocycles. The van der Waals surface area contributed by atoms with E-state index in [0.717, 1.165) is 18.2 Å². The minimum Gasteiger partial charge on any atom is -0.383 e. The maximum absolute atomic E-state index is 5.31. The molecule has 2 aromatic rings. The molecule has 0 spiro atoms. The Morgan fingerprint density at radius 1 is 1.39 bits per heavy atom. The number of anilines is 1. The summed E-state index contributed by atoms with van der Waals surface area (Å²) in [6.07, 6.45) is 6.38. The molecular formula is C15H18N2O. The molecule has 1 aromatic carbocycles. The number of benzene rings is 1. The van der Waals surface area contributed by atoms with E-state index < -0.39 is 0 Å². The first-order valence-electron chi connectivity index (χ1n) is 6.46. The normalized spacial score (nSPS) is 16.7. The molecule has 1 aliphatic carbocycles. The molecule has 3 heteroatoms. The largest absolute Gasteiger partial charge is 0.383 e. The Bertz CT molecular complexity index is 532. The summed E-state index contributed by atoms with van der Waals surface area (Å²) in [4.78, 5) is 4.22. The van der Waals surface area contributed by atoms with Crippen LogP contribution < -0.4 is 5.32 Å². The molecule has 0 saturated heterocycles. The van der Waals surface area contributed by atoms with E-state index in [1.165, 1.54) is 23.6 Å². The highest BCUT2D eigenvalue weighted by atomic mass is 16.5. The summed E-state index contributed by atoms with van der Waals surface area (Å²) in [5.74, 6) is 0.761. The standard InChI is InChI=1S/C15H18N2O/c1-18-10-15(12-5-6-12)17-14-4-2-3-11-7-8-16-9-13(11)14/h2-4,7-9,12,15,17H,5-6,10H2,1H3. The van der Waals surface area contributed by atoms with Gasteiger partial charge in [0.15, 0.2) is 0 Å². The first-order valence-corrected chi connectivity index (χ1v) is 6.46. The molecule has 3 nitrogen and oxygen atoms in total. The number of methoxy groups -OCH3 is 1. The lowest BCUT2D eigenvalue weighted by Crippen LogP contribution is -2.27. The number of pyridine rings is 1. The van der Waals surface area contributed by atoms with E-state index in [1.807, 2.05) is 18.5 Å². The van der Waals surface area contributed by atoms with Gasteiger partial charge in [-0.3, -0.25) is 4.98 Å². The predicted molar refractivity (Wildman–Crippen MR) is 73.8 cm³/mol. The molecule has 0 radical (unpaired) electrons. The number of fused-ring (bicyclic) bond motifs is 1. The molecule has 3 rings (SSSR count). The summed E-state index contributed by atoms with van der Waals surface area (Å²) in [7, 11) is 1.77. The third kappa shape index (κ3) is 2.31. The summed E-state index contributed by atoms with van der Waals surface area (Å²) < 4.78 is 5.31. The Hall–Kier alpha value is -1.61. The molecular weight excluding hydrogens is 224 g/mol. The first kappa shape index (κ1) is 11.5. The monoisotopic (exact) mass is 242 g/mol. The van der Waals surface area contributed by atoms with Crippen molar-refractivity contribution in [3.8, 4) is 0 Å². The van der Waals surface area contributed by atoms with Crippen molar-refractivity contribution >= 4 is 16.5 Å². The van der Waals surface area contributed by atoms with Crippen LogP contribution in [0, 0.1) is 5.92 Å². The molecule has 0 amide bonds. The first-order chi connectivity index (χ1) is 8.88. The van der Waals surface area contributed by atoms with E-state index in [0.29, 0.717) is 6.04 Å². The second kappa shape index (κ2) is 4.94. The van der Waals surface area contributed by atoms with Crippen molar-refractivity contribution in [1.29, 1.82) is 0 Å². The molecule has 1 atom stereocenters. The average molecular weight is 242 g/mol. The summed E-state index contributed by atoms with van der Waals surface area (Å²) in [6, 6.07) is 8.78. The Morgan fingerprint density at radius 3 is 3.06 bits per heavy atom. The Balaban J connectivity index is 1.88. The van der Waals surface area contributed by atoms with Crippen LogP contribution in [-0.2, 0) is 4.74 Å². The molecule has 1 heterocycles. The molecule has 1 aromatic heterocycles. The van der Waals surface area contributed by atoms with E-state index in [2.05, 4.69) is 28.5 Å². The van der Waals surface area contributed by atoms with Gasteiger partial charge in [-0.05, 0) is 36.3 Å². The zero-order valence-electron chi connectivity index (χ0n) is 10.6. The van der Waals surface area contributed by atoms with Gasteiger partial charge in [0.25, 0.3) is 0 Å². The van der Waals surface area contributed by atoms with Crippen molar-refractivity contribution in [1.82, 2.24) is 4.98 Å². The highest BCUT2D eigenvalue weighted by molar-refractivity contribution is 5.93. The zero-order chi connectivity index (χ0) is 12.4. The SMILES string of the molecule is COCC(Nc1cccc2ccncc12)C1CC1. The van der Waals surface area contributed by atoms with Crippen LogP contribution in [-0.4, -0.2) is 24.7 Å². The molecule has 1 N–H and O–H groups in total. The van der Waals surface area contributed by atoms with Crippen molar-refractivity contribution in [2.24, 2.45) is 5.92 Å². The minimum absolute atomic E-state index is 0.417. The fourth-order valence-corrected chi connectivity index (χ4v) is 2.41. The van der Waals surface area contributed by atoms with Gasteiger partial charge in [0.1, 0.15) is 0 Å². The van der Waals surface area contributed by atoms with E-state index >= 15 is 0 Å². The smallest absolute Gasteiger partial charge is 0.0666 e. The van der Waals surface area contributed by atoms with Gasteiger partial charge in [-0.15, -0.1) is 0 Å².